The van der Waals surface area contributed by atoms with Crippen molar-refractivity contribution >= 4 is 12.1 Å². The van der Waals surface area contributed by atoms with Crippen LogP contribution in [0, 0.1) is 0 Å². The number of benzene rings is 2. The molecule has 8 heteroatoms. The first-order chi connectivity index (χ1) is 18.0. The number of carbonyl (C=O) groups excluding carboxylic acids is 1. The van der Waals surface area contributed by atoms with Gasteiger partial charge in [0, 0.05) is 26.2 Å². The average Bonchev–Trinajstić information content (AvgIpc) is 3.41. The smallest absolute Gasteiger partial charge is 0.410 e. The van der Waals surface area contributed by atoms with Gasteiger partial charge in [0.2, 0.25) is 0 Å². The van der Waals surface area contributed by atoms with Crippen molar-refractivity contribution in [3.05, 3.63) is 65.7 Å². The number of rotatable bonds is 16. The number of nitrogens with zero attached hydrogens (tertiary/aromatic N) is 1. The Morgan fingerprint density at radius 2 is 1.70 bits per heavy atom. The monoisotopic (exact) mass is 513 g/mol. The van der Waals surface area contributed by atoms with E-state index >= 15 is 0 Å². The van der Waals surface area contributed by atoms with Gasteiger partial charge >= 0.3 is 12.1 Å². The summed E-state index contributed by atoms with van der Waals surface area (Å²) >= 11 is 0. The van der Waals surface area contributed by atoms with Crippen LogP contribution in [0.5, 0.6) is 5.75 Å². The van der Waals surface area contributed by atoms with E-state index in [4.69, 9.17) is 18.9 Å². The minimum atomic E-state index is -0.975. The Bertz CT molecular complexity index is 929. The molecule has 3 rings (SSSR count). The van der Waals surface area contributed by atoms with Gasteiger partial charge in [-0.1, -0.05) is 42.5 Å². The van der Waals surface area contributed by atoms with E-state index in [1.807, 2.05) is 42.5 Å². The molecule has 1 aliphatic carbocycles. The fraction of sp³-hybridized carbons (Fsp3) is 0.517. The predicted octanol–water partition coefficient (Wildman–Crippen LogP) is 5.09. The minimum absolute atomic E-state index is 0.00381. The fourth-order valence-electron chi connectivity index (χ4n) is 4.27. The van der Waals surface area contributed by atoms with Crippen LogP contribution >= 0.6 is 0 Å². The summed E-state index contributed by atoms with van der Waals surface area (Å²) in [5, 5.41) is 9.27. The maximum atomic E-state index is 12.8. The number of amides is 1. The number of aliphatic carboxylic acids is 1. The number of carboxylic acids is 1. The van der Waals surface area contributed by atoms with Gasteiger partial charge in [0.05, 0.1) is 13.2 Å². The molecule has 1 amide bonds. The summed E-state index contributed by atoms with van der Waals surface area (Å²) in [6.45, 7) is 4.46. The van der Waals surface area contributed by atoms with Gasteiger partial charge in [-0.3, -0.25) is 0 Å². The Balaban J connectivity index is 1.45. The van der Waals surface area contributed by atoms with Crippen LogP contribution in [-0.4, -0.2) is 67.2 Å². The maximum Gasteiger partial charge on any atom is 0.410 e. The van der Waals surface area contributed by atoms with Gasteiger partial charge in [0.25, 0.3) is 0 Å². The number of hydrogen-bond acceptors (Lipinski definition) is 6. The van der Waals surface area contributed by atoms with Crippen molar-refractivity contribution in [2.45, 2.75) is 64.3 Å². The molecule has 0 heterocycles. The molecule has 1 saturated carbocycles. The molecule has 0 bridgehead atoms. The van der Waals surface area contributed by atoms with Gasteiger partial charge in [0.15, 0.2) is 6.10 Å². The van der Waals surface area contributed by atoms with Crippen molar-refractivity contribution in [1.82, 2.24) is 4.90 Å². The zero-order valence-corrected chi connectivity index (χ0v) is 21.7. The molecule has 0 aromatic heterocycles. The summed E-state index contributed by atoms with van der Waals surface area (Å²) in [5.74, 6) is -0.320. The first kappa shape index (κ1) is 28.5. The largest absolute Gasteiger partial charge is 0.492 e. The molecule has 0 spiro atoms. The third kappa shape index (κ3) is 10.4. The van der Waals surface area contributed by atoms with Crippen molar-refractivity contribution in [3.8, 4) is 5.75 Å². The van der Waals surface area contributed by atoms with E-state index in [2.05, 4.69) is 0 Å². The molecule has 37 heavy (non-hydrogen) atoms. The molecule has 2 aromatic carbocycles. The Hall–Kier alpha value is -3.10. The van der Waals surface area contributed by atoms with Crippen molar-refractivity contribution < 1.29 is 33.6 Å². The number of ether oxygens (including phenoxy) is 4. The summed E-state index contributed by atoms with van der Waals surface area (Å²) in [6, 6.07) is 17.3. The molecule has 1 atom stereocenters. The molecule has 1 fully saturated rings. The first-order valence-corrected chi connectivity index (χ1v) is 13.2. The van der Waals surface area contributed by atoms with Crippen LogP contribution in [0.2, 0.25) is 0 Å². The highest BCUT2D eigenvalue weighted by molar-refractivity contribution is 5.72. The first-order valence-electron chi connectivity index (χ1n) is 13.2. The molecule has 0 radical (unpaired) electrons. The van der Waals surface area contributed by atoms with Crippen molar-refractivity contribution in [3.63, 3.8) is 0 Å². The Labute approximate surface area is 219 Å². The van der Waals surface area contributed by atoms with Crippen molar-refractivity contribution in [1.29, 1.82) is 0 Å². The Morgan fingerprint density at radius 3 is 2.38 bits per heavy atom. The van der Waals surface area contributed by atoms with Gasteiger partial charge in [-0.25, -0.2) is 9.59 Å². The molecule has 0 aliphatic heterocycles. The average molecular weight is 514 g/mol. The molecule has 1 aliphatic rings. The minimum Gasteiger partial charge on any atom is -0.492 e. The lowest BCUT2D eigenvalue weighted by molar-refractivity contribution is -0.149. The highest BCUT2D eigenvalue weighted by atomic mass is 16.6. The molecule has 1 N–H and O–H groups in total. The van der Waals surface area contributed by atoms with Crippen LogP contribution in [0.25, 0.3) is 0 Å². The Morgan fingerprint density at radius 1 is 0.973 bits per heavy atom. The normalized spacial score (nSPS) is 14.3. The lowest BCUT2D eigenvalue weighted by Gasteiger charge is -2.24. The molecule has 2 aromatic rings. The molecular weight excluding hydrogens is 474 g/mol. The van der Waals surface area contributed by atoms with Gasteiger partial charge in [-0.2, -0.15) is 0 Å². The number of carbonyl (C=O) groups is 2. The topological polar surface area (TPSA) is 94.5 Å². The van der Waals surface area contributed by atoms with Gasteiger partial charge in [0.1, 0.15) is 18.5 Å². The van der Waals surface area contributed by atoms with Crippen LogP contribution in [0.3, 0.4) is 0 Å². The number of hydrogen-bond donors (Lipinski definition) is 1. The lowest BCUT2D eigenvalue weighted by Crippen LogP contribution is -2.38. The second kappa shape index (κ2) is 15.9. The third-order valence-corrected chi connectivity index (χ3v) is 6.27. The van der Waals surface area contributed by atoms with E-state index in [-0.39, 0.29) is 18.6 Å². The summed E-state index contributed by atoms with van der Waals surface area (Å²) in [4.78, 5) is 25.8. The number of carboxylic acid groups (broad SMARTS) is 1. The fourth-order valence-corrected chi connectivity index (χ4v) is 4.27. The van der Waals surface area contributed by atoms with Crippen molar-refractivity contribution in [2.75, 3.05) is 32.9 Å². The maximum absolute atomic E-state index is 12.8. The van der Waals surface area contributed by atoms with Crippen LogP contribution < -0.4 is 4.74 Å². The van der Waals surface area contributed by atoms with Gasteiger partial charge in [-0.05, 0) is 62.3 Å². The summed E-state index contributed by atoms with van der Waals surface area (Å²) in [7, 11) is 0. The second-order valence-electron chi connectivity index (χ2n) is 9.15. The molecular formula is C29H39NO7. The van der Waals surface area contributed by atoms with E-state index in [0.717, 1.165) is 36.8 Å². The highest BCUT2D eigenvalue weighted by Crippen LogP contribution is 2.22. The van der Waals surface area contributed by atoms with Crippen LogP contribution in [0.15, 0.2) is 54.6 Å². The summed E-state index contributed by atoms with van der Waals surface area (Å²) < 4.78 is 22.6. The van der Waals surface area contributed by atoms with Crippen LogP contribution in [-0.2, 0) is 32.0 Å². The predicted molar refractivity (Wildman–Crippen MR) is 140 cm³/mol. The van der Waals surface area contributed by atoms with E-state index in [1.54, 1.807) is 24.0 Å². The summed E-state index contributed by atoms with van der Waals surface area (Å²) in [6.07, 6.45) is 3.87. The standard InChI is InChI=1S/C29H39NO7/c1-2-35-27(28(31)32)21-23-13-15-25(16-14-23)36-20-18-30(29(33)37-26-11-6-7-12-26)17-8-19-34-22-24-9-4-3-5-10-24/h3-5,9-10,13-16,26-27H,2,6-8,11-12,17-22H2,1H3,(H,31,32). The molecule has 1 unspecified atom stereocenters. The van der Waals surface area contributed by atoms with Crippen LogP contribution in [0.4, 0.5) is 4.79 Å². The molecule has 202 valence electrons. The SMILES string of the molecule is CCOC(Cc1ccc(OCCN(CCCOCc2ccccc2)C(=O)OC2CCCC2)cc1)C(=O)O. The Kier molecular flexibility index (Phi) is 12.2. The second-order valence-corrected chi connectivity index (χ2v) is 9.15. The van der Waals surface area contributed by atoms with E-state index in [1.165, 1.54) is 0 Å². The van der Waals surface area contributed by atoms with Gasteiger partial charge < -0.3 is 29.0 Å². The van der Waals surface area contributed by atoms with E-state index in [9.17, 15) is 14.7 Å². The molecule has 8 nitrogen and oxygen atoms in total. The summed E-state index contributed by atoms with van der Waals surface area (Å²) in [5.41, 5.74) is 1.97. The van der Waals surface area contributed by atoms with E-state index < -0.39 is 12.1 Å². The third-order valence-electron chi connectivity index (χ3n) is 6.27. The molecule has 0 saturated heterocycles. The quantitative estimate of drug-likeness (QED) is 0.313. The van der Waals surface area contributed by atoms with Gasteiger partial charge in [-0.15, -0.1) is 0 Å². The van der Waals surface area contributed by atoms with Crippen molar-refractivity contribution in [2.24, 2.45) is 0 Å². The zero-order chi connectivity index (χ0) is 26.3. The van der Waals surface area contributed by atoms with E-state index in [0.29, 0.717) is 51.7 Å². The lowest BCUT2D eigenvalue weighted by atomic mass is 10.1. The van der Waals surface area contributed by atoms with Crippen LogP contribution in [0.1, 0.15) is 50.2 Å². The zero-order valence-electron chi connectivity index (χ0n) is 21.7. The highest BCUT2D eigenvalue weighted by Gasteiger charge is 2.23.